The Morgan fingerprint density at radius 1 is 1.37 bits per heavy atom. The largest absolute Gasteiger partial charge is 0.382 e. The van der Waals surface area contributed by atoms with Gasteiger partial charge in [-0.05, 0) is 32.1 Å². The zero-order valence-electron chi connectivity index (χ0n) is 12.3. The summed E-state index contributed by atoms with van der Waals surface area (Å²) >= 11 is 0. The number of aromatic nitrogens is 1. The smallest absolute Gasteiger partial charge is 0.141 e. The van der Waals surface area contributed by atoms with Crippen LogP contribution in [0.15, 0.2) is 18.3 Å². The second-order valence-corrected chi connectivity index (χ2v) is 5.46. The molecule has 0 radical (unpaired) electrons. The van der Waals surface area contributed by atoms with Gasteiger partial charge < -0.3 is 15.5 Å². The van der Waals surface area contributed by atoms with Gasteiger partial charge in [-0.25, -0.2) is 0 Å². The molecule has 0 amide bonds. The predicted molar refractivity (Wildman–Crippen MR) is 80.9 cm³/mol. The second kappa shape index (κ2) is 7.09. The number of hydrogen-bond donors (Lipinski definition) is 2. The topological polar surface area (TPSA) is 69.2 Å². The average Bonchev–Trinajstić information content (AvgIpc) is 2.34. The lowest BCUT2D eigenvalue weighted by Gasteiger charge is -2.28. The molecule has 0 bridgehead atoms. The maximum absolute atomic E-state index is 7.47. The number of hydrogen-bond acceptors (Lipinski definition) is 4. The molecule has 1 aromatic heterocycles. The Morgan fingerprint density at radius 3 is 2.58 bits per heavy atom. The van der Waals surface area contributed by atoms with Crippen LogP contribution in [0.5, 0.6) is 0 Å². The molecule has 0 aliphatic carbocycles. The number of nitrogens with zero attached hydrogens (tertiary/aromatic N) is 3. The van der Waals surface area contributed by atoms with Crippen molar-refractivity contribution in [2.75, 3.05) is 38.6 Å². The van der Waals surface area contributed by atoms with E-state index >= 15 is 0 Å². The first kappa shape index (κ1) is 15.4. The molecule has 1 aromatic rings. The van der Waals surface area contributed by atoms with Crippen molar-refractivity contribution in [3.63, 3.8) is 0 Å². The van der Waals surface area contributed by atoms with Gasteiger partial charge in [0.15, 0.2) is 0 Å². The van der Waals surface area contributed by atoms with Gasteiger partial charge >= 0.3 is 0 Å². The maximum atomic E-state index is 7.47. The third-order valence-corrected chi connectivity index (χ3v) is 2.79. The van der Waals surface area contributed by atoms with Gasteiger partial charge in [-0.2, -0.15) is 0 Å². The summed E-state index contributed by atoms with van der Waals surface area (Å²) in [5.74, 6) is 0.593. The summed E-state index contributed by atoms with van der Waals surface area (Å²) < 4.78 is 0. The molecule has 5 heteroatoms. The van der Waals surface area contributed by atoms with E-state index in [1.165, 1.54) is 0 Å². The summed E-state index contributed by atoms with van der Waals surface area (Å²) in [5, 5.41) is 7.47. The number of likely N-dealkylation sites (N-methyl/N-ethyl adjacent to an activating group) is 1. The molecular weight excluding hydrogens is 238 g/mol. The Balaban J connectivity index is 2.89. The maximum Gasteiger partial charge on any atom is 0.141 e. The molecule has 1 rings (SSSR count). The van der Waals surface area contributed by atoms with Crippen molar-refractivity contribution in [2.24, 2.45) is 11.7 Å². The van der Waals surface area contributed by atoms with Crippen LogP contribution in [-0.2, 0) is 0 Å². The molecule has 0 saturated carbocycles. The van der Waals surface area contributed by atoms with Crippen LogP contribution in [0.3, 0.4) is 0 Å². The van der Waals surface area contributed by atoms with E-state index in [2.05, 4.69) is 42.7 Å². The van der Waals surface area contributed by atoms with Gasteiger partial charge in [0.1, 0.15) is 11.5 Å². The Kier molecular flexibility index (Phi) is 5.76. The number of nitrogen functional groups attached to an aromatic ring is 1. The molecule has 5 nitrogen and oxygen atoms in total. The number of nitrogens with one attached hydrogen (secondary N) is 1. The lowest BCUT2D eigenvalue weighted by Crippen LogP contribution is -2.34. The van der Waals surface area contributed by atoms with Gasteiger partial charge in [0.05, 0.1) is 0 Å². The molecule has 0 aliphatic rings. The molecule has 3 N–H and O–H groups in total. The first-order valence-electron chi connectivity index (χ1n) is 6.60. The monoisotopic (exact) mass is 263 g/mol. The Bertz CT molecular complexity index is 414. The predicted octanol–water partition coefficient (Wildman–Crippen LogP) is 1.39. The van der Waals surface area contributed by atoms with E-state index in [0.717, 1.165) is 25.3 Å². The molecule has 0 aromatic carbocycles. The molecule has 0 aliphatic heterocycles. The van der Waals surface area contributed by atoms with Gasteiger partial charge in [0, 0.05) is 31.5 Å². The van der Waals surface area contributed by atoms with Crippen LogP contribution in [0.2, 0.25) is 0 Å². The molecule has 0 fully saturated rings. The van der Waals surface area contributed by atoms with E-state index in [9.17, 15) is 0 Å². The minimum Gasteiger partial charge on any atom is -0.382 e. The van der Waals surface area contributed by atoms with E-state index in [1.807, 2.05) is 12.1 Å². The Labute approximate surface area is 115 Å². The normalized spacial score (nSPS) is 11.1. The minimum atomic E-state index is 0.0129. The van der Waals surface area contributed by atoms with Gasteiger partial charge in [0.2, 0.25) is 0 Å². The molecule has 0 unspecified atom stereocenters. The van der Waals surface area contributed by atoms with Crippen LogP contribution in [0.4, 0.5) is 5.69 Å². The van der Waals surface area contributed by atoms with Gasteiger partial charge in [0.25, 0.3) is 0 Å². The number of pyridine rings is 1. The molecular formula is C14H25N5. The SMILES string of the molecule is CC(C)CN(CCN(C)C)c1ccnc(C(=N)N)c1. The summed E-state index contributed by atoms with van der Waals surface area (Å²) in [4.78, 5) is 8.59. The van der Waals surface area contributed by atoms with Crippen LogP contribution >= 0.6 is 0 Å². The number of nitrogens with two attached hydrogens (primary N) is 1. The summed E-state index contributed by atoms with van der Waals surface area (Å²) in [7, 11) is 4.14. The molecule has 0 saturated heterocycles. The van der Waals surface area contributed by atoms with E-state index in [4.69, 9.17) is 11.1 Å². The molecule has 106 valence electrons. The fourth-order valence-electron chi connectivity index (χ4n) is 1.85. The Morgan fingerprint density at radius 2 is 2.05 bits per heavy atom. The van der Waals surface area contributed by atoms with Crippen molar-refractivity contribution in [3.8, 4) is 0 Å². The van der Waals surface area contributed by atoms with Crippen molar-refractivity contribution in [2.45, 2.75) is 13.8 Å². The zero-order valence-corrected chi connectivity index (χ0v) is 12.3. The highest BCUT2D eigenvalue weighted by atomic mass is 15.2. The quantitative estimate of drug-likeness (QED) is 0.576. The van der Waals surface area contributed by atoms with Crippen molar-refractivity contribution < 1.29 is 0 Å². The lowest BCUT2D eigenvalue weighted by molar-refractivity contribution is 0.409. The highest BCUT2D eigenvalue weighted by molar-refractivity contribution is 5.93. The van der Waals surface area contributed by atoms with Crippen LogP contribution in [0.25, 0.3) is 0 Å². The standard InChI is InChI=1S/C14H25N5/c1-11(2)10-19(8-7-18(3)4)12-5-6-17-13(9-12)14(15)16/h5-6,9,11H,7-8,10H2,1-4H3,(H3,15,16). The van der Waals surface area contributed by atoms with Crippen LogP contribution in [0.1, 0.15) is 19.5 Å². The van der Waals surface area contributed by atoms with Crippen molar-refractivity contribution in [1.82, 2.24) is 9.88 Å². The first-order chi connectivity index (χ1) is 8.90. The van der Waals surface area contributed by atoms with E-state index in [-0.39, 0.29) is 5.84 Å². The average molecular weight is 263 g/mol. The number of amidine groups is 1. The fraction of sp³-hybridized carbons (Fsp3) is 0.571. The zero-order chi connectivity index (χ0) is 14.4. The summed E-state index contributed by atoms with van der Waals surface area (Å²) in [5.41, 5.74) is 7.12. The summed E-state index contributed by atoms with van der Waals surface area (Å²) in [6.45, 7) is 7.33. The van der Waals surface area contributed by atoms with Crippen molar-refractivity contribution in [1.29, 1.82) is 5.41 Å². The molecule has 0 atom stereocenters. The van der Waals surface area contributed by atoms with Gasteiger partial charge in [-0.3, -0.25) is 10.4 Å². The van der Waals surface area contributed by atoms with Gasteiger partial charge in [-0.1, -0.05) is 13.8 Å². The highest BCUT2D eigenvalue weighted by Crippen LogP contribution is 2.16. The van der Waals surface area contributed by atoms with Crippen LogP contribution < -0.4 is 10.6 Å². The highest BCUT2D eigenvalue weighted by Gasteiger charge is 2.10. The van der Waals surface area contributed by atoms with Crippen LogP contribution in [-0.4, -0.2) is 49.4 Å². The third-order valence-electron chi connectivity index (χ3n) is 2.79. The number of anilines is 1. The van der Waals surface area contributed by atoms with E-state index < -0.39 is 0 Å². The first-order valence-corrected chi connectivity index (χ1v) is 6.60. The number of rotatable bonds is 7. The molecule has 0 spiro atoms. The van der Waals surface area contributed by atoms with Crippen LogP contribution in [0, 0.1) is 11.3 Å². The summed E-state index contributed by atoms with van der Waals surface area (Å²) in [6.07, 6.45) is 1.72. The van der Waals surface area contributed by atoms with Crippen molar-refractivity contribution in [3.05, 3.63) is 24.0 Å². The fourth-order valence-corrected chi connectivity index (χ4v) is 1.85. The second-order valence-electron chi connectivity index (χ2n) is 5.46. The van der Waals surface area contributed by atoms with Gasteiger partial charge in [-0.15, -0.1) is 0 Å². The molecule has 19 heavy (non-hydrogen) atoms. The summed E-state index contributed by atoms with van der Waals surface area (Å²) in [6, 6.07) is 3.87. The van der Waals surface area contributed by atoms with E-state index in [1.54, 1.807) is 6.20 Å². The Hall–Kier alpha value is -1.62. The minimum absolute atomic E-state index is 0.0129. The molecule has 1 heterocycles. The third kappa shape index (κ3) is 5.26. The van der Waals surface area contributed by atoms with E-state index in [0.29, 0.717) is 11.6 Å². The van der Waals surface area contributed by atoms with Crippen molar-refractivity contribution >= 4 is 11.5 Å². The lowest BCUT2D eigenvalue weighted by atomic mass is 10.2.